The first-order chi connectivity index (χ1) is 7.27. The Balaban J connectivity index is 2.28. The predicted octanol–water partition coefficient (Wildman–Crippen LogP) is 3.85. The van der Waals surface area contributed by atoms with Crippen molar-refractivity contribution in [2.75, 3.05) is 0 Å². The fraction of sp³-hybridized carbons (Fsp3) is 0.571. The summed E-state index contributed by atoms with van der Waals surface area (Å²) in [5.74, 6) is 0. The molecule has 82 valence electrons. The van der Waals surface area contributed by atoms with E-state index in [0.717, 1.165) is 0 Å². The predicted molar refractivity (Wildman–Crippen MR) is 70.5 cm³/mol. The lowest BCUT2D eigenvalue weighted by atomic mass is 10.2. The van der Waals surface area contributed by atoms with Gasteiger partial charge in [-0.3, -0.25) is 0 Å². The number of rotatable bonds is 2. The molecule has 1 heterocycles. The van der Waals surface area contributed by atoms with Gasteiger partial charge in [-0.2, -0.15) is 0 Å². The third-order valence-electron chi connectivity index (χ3n) is 4.15. The van der Waals surface area contributed by atoms with Crippen LogP contribution in [0.4, 0.5) is 0 Å². The van der Waals surface area contributed by atoms with Crippen molar-refractivity contribution < 1.29 is 0 Å². The highest BCUT2D eigenvalue weighted by molar-refractivity contribution is 6.91. The highest BCUT2D eigenvalue weighted by Gasteiger charge is 2.34. The Bertz CT molecular complexity index is 307. The van der Waals surface area contributed by atoms with Crippen molar-refractivity contribution in [2.45, 2.75) is 51.2 Å². The summed E-state index contributed by atoms with van der Waals surface area (Å²) in [4.78, 5) is 0. The van der Waals surface area contributed by atoms with E-state index >= 15 is 0 Å². The Morgan fingerprint density at radius 3 is 2.13 bits per heavy atom. The van der Waals surface area contributed by atoms with Crippen molar-refractivity contribution in [3.05, 3.63) is 29.8 Å². The molecule has 1 saturated heterocycles. The third kappa shape index (κ3) is 2.17. The highest BCUT2D eigenvalue weighted by atomic mass is 28.3. The molecule has 15 heavy (non-hydrogen) atoms. The van der Waals surface area contributed by atoms with Crippen LogP contribution in [-0.4, -0.2) is 8.07 Å². The van der Waals surface area contributed by atoms with Gasteiger partial charge in [0.15, 0.2) is 0 Å². The molecule has 0 aliphatic carbocycles. The monoisotopic (exact) mass is 218 g/mol. The van der Waals surface area contributed by atoms with E-state index in [9.17, 15) is 0 Å². The zero-order valence-electron chi connectivity index (χ0n) is 10.1. The van der Waals surface area contributed by atoms with E-state index in [1.165, 1.54) is 43.0 Å². The van der Waals surface area contributed by atoms with E-state index in [4.69, 9.17) is 0 Å². The summed E-state index contributed by atoms with van der Waals surface area (Å²) in [6, 6.07) is 13.9. The fourth-order valence-electron chi connectivity index (χ4n) is 2.98. The summed E-state index contributed by atoms with van der Waals surface area (Å²) in [7, 11) is -1.06. The van der Waals surface area contributed by atoms with Crippen LogP contribution in [0.15, 0.2) is 24.3 Å². The van der Waals surface area contributed by atoms with Gasteiger partial charge in [0, 0.05) is 0 Å². The first kappa shape index (κ1) is 10.9. The Morgan fingerprint density at radius 1 is 1.00 bits per heavy atom. The maximum absolute atomic E-state index is 2.41. The third-order valence-corrected chi connectivity index (χ3v) is 9.68. The zero-order valence-corrected chi connectivity index (χ0v) is 11.1. The molecule has 0 radical (unpaired) electrons. The lowest BCUT2D eigenvalue weighted by Gasteiger charge is -2.35. The molecule has 1 aliphatic rings. The van der Waals surface area contributed by atoms with Gasteiger partial charge in [0.25, 0.3) is 0 Å². The molecule has 0 spiro atoms. The smallest absolute Gasteiger partial charge is 0.0675 e. The lowest BCUT2D eigenvalue weighted by molar-refractivity contribution is 0.712. The van der Waals surface area contributed by atoms with Crippen LogP contribution in [-0.2, 0) is 0 Å². The molecule has 1 aromatic carbocycles. The fourth-order valence-corrected chi connectivity index (χ4v) is 7.65. The van der Waals surface area contributed by atoms with Gasteiger partial charge in [-0.15, -0.1) is 0 Å². The normalized spacial score (nSPS) is 20.1. The first-order valence-corrected chi connectivity index (χ1v) is 8.96. The molecule has 2 rings (SSSR count). The Labute approximate surface area is 94.7 Å². The first-order valence-electron chi connectivity index (χ1n) is 6.34. The van der Waals surface area contributed by atoms with Crippen molar-refractivity contribution in [3.8, 4) is 0 Å². The number of hydrogen-bond donors (Lipinski definition) is 0. The van der Waals surface area contributed by atoms with Crippen LogP contribution < -0.4 is 5.19 Å². The molecule has 0 bridgehead atoms. The summed E-state index contributed by atoms with van der Waals surface area (Å²) in [5.41, 5.74) is 1.40. The topological polar surface area (TPSA) is 0 Å². The van der Waals surface area contributed by atoms with Gasteiger partial charge < -0.3 is 0 Å². The molecular formula is C14H22Si. The Hall–Kier alpha value is -0.563. The van der Waals surface area contributed by atoms with Gasteiger partial charge in [-0.1, -0.05) is 79.3 Å². The number of benzene rings is 1. The van der Waals surface area contributed by atoms with Crippen molar-refractivity contribution in [1.82, 2.24) is 0 Å². The minimum absolute atomic E-state index is 1.06. The van der Waals surface area contributed by atoms with Gasteiger partial charge in [0.05, 0.1) is 8.07 Å². The standard InChI is InChI=1S/C14H22Si/c1-3-15(11-5-4-6-12-15)14-9-7-13(2)8-10-14/h7-10H,3-6,11-12H2,1-2H3. The quantitative estimate of drug-likeness (QED) is 0.661. The molecule has 0 nitrogen and oxygen atoms in total. The molecule has 1 aromatic rings. The lowest BCUT2D eigenvalue weighted by Crippen LogP contribution is -2.48. The maximum atomic E-state index is 2.41. The Morgan fingerprint density at radius 2 is 1.60 bits per heavy atom. The van der Waals surface area contributed by atoms with Crippen molar-refractivity contribution in [1.29, 1.82) is 0 Å². The van der Waals surface area contributed by atoms with Crippen LogP contribution in [0.1, 0.15) is 31.7 Å². The molecule has 1 aliphatic heterocycles. The van der Waals surface area contributed by atoms with Gasteiger partial charge in [0.2, 0.25) is 0 Å². The van der Waals surface area contributed by atoms with Crippen molar-refractivity contribution in [2.24, 2.45) is 0 Å². The molecule has 0 unspecified atom stereocenters. The highest BCUT2D eigenvalue weighted by Crippen LogP contribution is 2.31. The average molecular weight is 218 g/mol. The van der Waals surface area contributed by atoms with E-state index in [1.807, 2.05) is 0 Å². The largest absolute Gasteiger partial charge is 0.0864 e. The molecule has 0 saturated carbocycles. The molecular weight excluding hydrogens is 196 g/mol. The molecule has 0 atom stereocenters. The van der Waals surface area contributed by atoms with Crippen LogP contribution in [0, 0.1) is 6.92 Å². The van der Waals surface area contributed by atoms with E-state index in [-0.39, 0.29) is 0 Å². The molecule has 0 amide bonds. The van der Waals surface area contributed by atoms with Crippen molar-refractivity contribution in [3.63, 3.8) is 0 Å². The van der Waals surface area contributed by atoms with E-state index in [0.29, 0.717) is 0 Å². The zero-order chi connectivity index (χ0) is 10.7. The van der Waals surface area contributed by atoms with E-state index in [2.05, 4.69) is 38.1 Å². The number of aryl methyl sites for hydroxylation is 1. The van der Waals surface area contributed by atoms with Crippen LogP contribution in [0.5, 0.6) is 0 Å². The molecule has 1 fully saturated rings. The van der Waals surface area contributed by atoms with Crippen LogP contribution in [0.2, 0.25) is 18.1 Å². The SMILES string of the molecule is CC[Si]1(c2ccc(C)cc2)CCCCC1. The summed E-state index contributed by atoms with van der Waals surface area (Å²) in [5, 5.41) is 1.72. The van der Waals surface area contributed by atoms with Gasteiger partial charge in [-0.25, -0.2) is 0 Å². The van der Waals surface area contributed by atoms with Crippen molar-refractivity contribution >= 4 is 13.3 Å². The van der Waals surface area contributed by atoms with E-state index < -0.39 is 8.07 Å². The minimum Gasteiger partial charge on any atom is -0.0675 e. The Kier molecular flexibility index (Phi) is 3.30. The second kappa shape index (κ2) is 4.52. The maximum Gasteiger partial charge on any atom is 0.0864 e. The summed E-state index contributed by atoms with van der Waals surface area (Å²) in [6.07, 6.45) is 4.43. The second-order valence-electron chi connectivity index (χ2n) is 5.06. The van der Waals surface area contributed by atoms with Gasteiger partial charge >= 0.3 is 0 Å². The average Bonchev–Trinajstić information content (AvgIpc) is 2.31. The molecule has 0 N–H and O–H groups in total. The van der Waals surface area contributed by atoms with Crippen LogP contribution in [0.25, 0.3) is 0 Å². The number of hydrogen-bond acceptors (Lipinski definition) is 0. The summed E-state index contributed by atoms with van der Waals surface area (Å²) >= 11 is 0. The van der Waals surface area contributed by atoms with E-state index in [1.54, 1.807) is 5.19 Å². The van der Waals surface area contributed by atoms with Gasteiger partial charge in [-0.05, 0) is 6.92 Å². The van der Waals surface area contributed by atoms with Gasteiger partial charge in [0.1, 0.15) is 0 Å². The minimum atomic E-state index is -1.06. The van der Waals surface area contributed by atoms with Crippen LogP contribution >= 0.6 is 0 Å². The summed E-state index contributed by atoms with van der Waals surface area (Å²) in [6.45, 7) is 4.60. The summed E-state index contributed by atoms with van der Waals surface area (Å²) < 4.78 is 0. The van der Waals surface area contributed by atoms with Crippen LogP contribution in [0.3, 0.4) is 0 Å². The molecule has 1 heteroatoms. The molecule has 0 aromatic heterocycles. The second-order valence-corrected chi connectivity index (χ2v) is 9.91.